The lowest BCUT2D eigenvalue weighted by Gasteiger charge is -2.00. The van der Waals surface area contributed by atoms with Crippen molar-refractivity contribution in [1.29, 1.82) is 0 Å². The van der Waals surface area contributed by atoms with Crippen LogP contribution in [0, 0.1) is 0 Å². The van der Waals surface area contributed by atoms with Crippen LogP contribution in [0.5, 0.6) is 0 Å². The Morgan fingerprint density at radius 1 is 1.36 bits per heavy atom. The van der Waals surface area contributed by atoms with Crippen molar-refractivity contribution in [2.45, 2.75) is 6.42 Å². The lowest BCUT2D eigenvalue weighted by Crippen LogP contribution is -1.96. The van der Waals surface area contributed by atoms with Crippen LogP contribution in [0.15, 0.2) is 34.9 Å². The molecule has 0 spiro atoms. The number of fused-ring (bicyclic) bond motifs is 1. The average Bonchev–Trinajstić information content (AvgIpc) is 2.67. The van der Waals surface area contributed by atoms with E-state index in [2.05, 4.69) is 4.74 Å². The van der Waals surface area contributed by atoms with Gasteiger partial charge in [-0.3, -0.25) is 4.79 Å². The molecule has 0 aliphatic heterocycles. The topological polar surface area (TPSA) is 39.4 Å². The minimum atomic E-state index is 0.411. The number of hydrogen-bond donors (Lipinski definition) is 0. The number of carbonyl (C=O) groups is 1. The fraction of sp³-hybridized carbons (Fsp3) is 0.182. The first kappa shape index (κ1) is 8.81. The van der Waals surface area contributed by atoms with Crippen LogP contribution < -0.4 is 0 Å². The van der Waals surface area contributed by atoms with E-state index >= 15 is 0 Å². The van der Waals surface area contributed by atoms with Gasteiger partial charge in [-0.15, -0.1) is 0 Å². The molecule has 0 N–H and O–H groups in total. The average molecular weight is 190 g/mol. The molecule has 3 nitrogen and oxygen atoms in total. The third-order valence-corrected chi connectivity index (χ3v) is 2.14. The molecule has 1 aromatic heterocycles. The molecule has 0 bridgehead atoms. The molecule has 0 atom stereocenters. The second-order valence-corrected chi connectivity index (χ2v) is 2.97. The largest absolute Gasteiger partial charge is 0.468 e. The summed E-state index contributed by atoms with van der Waals surface area (Å²) in [4.78, 5) is 9.97. The highest BCUT2D eigenvalue weighted by atomic mass is 16.5. The van der Waals surface area contributed by atoms with Gasteiger partial charge in [0, 0.05) is 11.8 Å². The molecular formula is C11H10O3. The molecule has 3 heteroatoms. The van der Waals surface area contributed by atoms with E-state index in [-0.39, 0.29) is 0 Å². The summed E-state index contributed by atoms with van der Waals surface area (Å²) in [6.07, 6.45) is 2.38. The molecule has 0 amide bonds. The molecule has 1 aromatic carbocycles. The monoisotopic (exact) mass is 190 g/mol. The van der Waals surface area contributed by atoms with Crippen LogP contribution in [-0.2, 0) is 16.0 Å². The summed E-state index contributed by atoms with van der Waals surface area (Å²) in [7, 11) is 0. The zero-order valence-corrected chi connectivity index (χ0v) is 7.60. The van der Waals surface area contributed by atoms with Gasteiger partial charge in [0.25, 0.3) is 6.47 Å². The molecule has 14 heavy (non-hydrogen) atoms. The van der Waals surface area contributed by atoms with Gasteiger partial charge in [0.05, 0.1) is 12.9 Å². The van der Waals surface area contributed by atoms with Crippen LogP contribution in [0.2, 0.25) is 0 Å². The van der Waals surface area contributed by atoms with Gasteiger partial charge in [0.1, 0.15) is 5.58 Å². The summed E-state index contributed by atoms with van der Waals surface area (Å²) in [6, 6.07) is 7.78. The van der Waals surface area contributed by atoms with Gasteiger partial charge in [-0.05, 0) is 17.7 Å². The first-order chi connectivity index (χ1) is 6.92. The van der Waals surface area contributed by atoms with Gasteiger partial charge in [0.2, 0.25) is 0 Å². The van der Waals surface area contributed by atoms with Crippen molar-refractivity contribution in [3.63, 3.8) is 0 Å². The maximum Gasteiger partial charge on any atom is 0.293 e. The standard InChI is InChI=1S/C11H10O3/c12-8-13-6-4-9-2-1-3-11-10(9)5-7-14-11/h1-3,5,7-8H,4,6H2. The van der Waals surface area contributed by atoms with Gasteiger partial charge in [-0.25, -0.2) is 0 Å². The third kappa shape index (κ3) is 1.62. The number of carbonyl (C=O) groups excluding carboxylic acids is 1. The maximum atomic E-state index is 9.97. The molecule has 0 fully saturated rings. The van der Waals surface area contributed by atoms with Crippen LogP contribution in [0.3, 0.4) is 0 Å². The van der Waals surface area contributed by atoms with Crippen molar-refractivity contribution < 1.29 is 13.9 Å². The van der Waals surface area contributed by atoms with E-state index in [0.717, 1.165) is 23.0 Å². The van der Waals surface area contributed by atoms with Crippen molar-refractivity contribution >= 4 is 17.4 Å². The highest BCUT2D eigenvalue weighted by molar-refractivity contribution is 5.80. The van der Waals surface area contributed by atoms with E-state index in [9.17, 15) is 4.79 Å². The van der Waals surface area contributed by atoms with Gasteiger partial charge < -0.3 is 9.15 Å². The Labute approximate surface area is 81.3 Å². The molecule has 1 heterocycles. The fourth-order valence-electron chi connectivity index (χ4n) is 1.49. The minimum absolute atomic E-state index is 0.411. The Bertz CT molecular complexity index is 431. The highest BCUT2D eigenvalue weighted by Gasteiger charge is 2.02. The van der Waals surface area contributed by atoms with Crippen LogP contribution in [0.1, 0.15) is 5.56 Å². The zero-order valence-electron chi connectivity index (χ0n) is 7.60. The molecule has 0 saturated carbocycles. The van der Waals surface area contributed by atoms with Crippen molar-refractivity contribution in [2.24, 2.45) is 0 Å². The van der Waals surface area contributed by atoms with Gasteiger partial charge in [-0.2, -0.15) is 0 Å². The second-order valence-electron chi connectivity index (χ2n) is 2.97. The quantitative estimate of drug-likeness (QED) is 0.547. The van der Waals surface area contributed by atoms with Gasteiger partial charge in [-0.1, -0.05) is 12.1 Å². The van der Waals surface area contributed by atoms with Crippen molar-refractivity contribution in [1.82, 2.24) is 0 Å². The zero-order chi connectivity index (χ0) is 9.80. The van der Waals surface area contributed by atoms with E-state index in [4.69, 9.17) is 4.42 Å². The minimum Gasteiger partial charge on any atom is -0.468 e. The Balaban J connectivity index is 2.23. The maximum absolute atomic E-state index is 9.97. The summed E-state index contributed by atoms with van der Waals surface area (Å²) in [6.45, 7) is 0.878. The number of hydrogen-bond acceptors (Lipinski definition) is 3. The SMILES string of the molecule is O=COCCc1cccc2occc12. The summed E-state index contributed by atoms with van der Waals surface area (Å²) in [5, 5.41) is 1.09. The first-order valence-corrected chi connectivity index (χ1v) is 4.42. The lowest BCUT2D eigenvalue weighted by atomic mass is 10.1. The van der Waals surface area contributed by atoms with E-state index in [1.807, 2.05) is 24.3 Å². The first-order valence-electron chi connectivity index (χ1n) is 4.42. The summed E-state index contributed by atoms with van der Waals surface area (Å²) in [5.74, 6) is 0. The smallest absolute Gasteiger partial charge is 0.293 e. The fourth-order valence-corrected chi connectivity index (χ4v) is 1.49. The molecule has 0 unspecified atom stereocenters. The Hall–Kier alpha value is -1.77. The second kappa shape index (κ2) is 3.96. The molecule has 0 radical (unpaired) electrons. The number of benzene rings is 1. The lowest BCUT2D eigenvalue weighted by molar-refractivity contribution is -0.128. The number of rotatable bonds is 4. The van der Waals surface area contributed by atoms with Crippen LogP contribution >= 0.6 is 0 Å². The van der Waals surface area contributed by atoms with Gasteiger partial charge >= 0.3 is 0 Å². The van der Waals surface area contributed by atoms with E-state index in [0.29, 0.717) is 13.1 Å². The van der Waals surface area contributed by atoms with Crippen LogP contribution in [0.4, 0.5) is 0 Å². The summed E-state index contributed by atoms with van der Waals surface area (Å²) >= 11 is 0. The van der Waals surface area contributed by atoms with Crippen LogP contribution in [0.25, 0.3) is 11.0 Å². The molecule has 2 rings (SSSR count). The van der Waals surface area contributed by atoms with Crippen molar-refractivity contribution in [2.75, 3.05) is 6.61 Å². The predicted octanol–water partition coefficient (Wildman–Crippen LogP) is 2.15. The molecular weight excluding hydrogens is 180 g/mol. The van der Waals surface area contributed by atoms with E-state index in [1.54, 1.807) is 6.26 Å². The Kier molecular flexibility index (Phi) is 2.49. The molecule has 0 saturated heterocycles. The third-order valence-electron chi connectivity index (χ3n) is 2.14. The number of ether oxygens (including phenoxy) is 1. The van der Waals surface area contributed by atoms with E-state index in [1.165, 1.54) is 0 Å². The van der Waals surface area contributed by atoms with Crippen molar-refractivity contribution in [3.05, 3.63) is 36.1 Å². The summed E-state index contributed by atoms with van der Waals surface area (Å²) in [5.41, 5.74) is 2.01. The normalized spacial score (nSPS) is 10.3. The summed E-state index contributed by atoms with van der Waals surface area (Å²) < 4.78 is 9.91. The van der Waals surface area contributed by atoms with E-state index < -0.39 is 0 Å². The Morgan fingerprint density at radius 3 is 3.14 bits per heavy atom. The molecule has 0 aliphatic rings. The van der Waals surface area contributed by atoms with Crippen LogP contribution in [-0.4, -0.2) is 13.1 Å². The molecule has 72 valence electrons. The van der Waals surface area contributed by atoms with Gasteiger partial charge in [0.15, 0.2) is 0 Å². The molecule has 0 aliphatic carbocycles. The number of furan rings is 1. The predicted molar refractivity (Wildman–Crippen MR) is 51.9 cm³/mol. The van der Waals surface area contributed by atoms with Crippen molar-refractivity contribution in [3.8, 4) is 0 Å². The Morgan fingerprint density at radius 2 is 2.29 bits per heavy atom. The molecule has 2 aromatic rings. The highest BCUT2D eigenvalue weighted by Crippen LogP contribution is 2.19.